The SMILES string of the molecule is CN1c2ccccc2N(c2nc3c(-c4coc5ccccc45)cccc3o2)c2nc(-c3cn(C)c4c3ncn4C)ccc21. The van der Waals surface area contributed by atoms with Crippen molar-refractivity contribution in [3.8, 4) is 22.4 Å². The number of imidazole rings is 1. The molecule has 9 rings (SSSR count). The second-order valence-corrected chi connectivity index (χ2v) is 10.9. The molecule has 208 valence electrons. The summed E-state index contributed by atoms with van der Waals surface area (Å²) >= 11 is 0. The van der Waals surface area contributed by atoms with E-state index in [9.17, 15) is 0 Å². The van der Waals surface area contributed by atoms with Gasteiger partial charge in [-0.3, -0.25) is 0 Å². The number of aryl methyl sites for hydroxylation is 2. The van der Waals surface area contributed by atoms with Crippen LogP contribution in [0.2, 0.25) is 0 Å². The number of hydrogen-bond acceptors (Lipinski definition) is 7. The van der Waals surface area contributed by atoms with Crippen molar-refractivity contribution in [2.24, 2.45) is 14.1 Å². The first kappa shape index (κ1) is 23.8. The van der Waals surface area contributed by atoms with Gasteiger partial charge >= 0.3 is 6.01 Å². The Morgan fingerprint density at radius 1 is 0.651 bits per heavy atom. The molecule has 0 unspecified atom stereocenters. The molecule has 0 aliphatic carbocycles. The molecule has 3 aromatic carbocycles. The molecule has 8 aromatic rings. The van der Waals surface area contributed by atoms with Crippen LogP contribution in [0.4, 0.5) is 28.9 Å². The molecule has 1 aliphatic rings. The Kier molecular flexibility index (Phi) is 4.76. The van der Waals surface area contributed by atoms with E-state index in [2.05, 4.69) is 64.1 Å². The van der Waals surface area contributed by atoms with E-state index in [1.54, 1.807) is 6.26 Å². The van der Waals surface area contributed by atoms with Gasteiger partial charge in [0.25, 0.3) is 0 Å². The monoisotopic (exact) mass is 563 g/mol. The van der Waals surface area contributed by atoms with Crippen molar-refractivity contribution in [1.82, 2.24) is 24.1 Å². The summed E-state index contributed by atoms with van der Waals surface area (Å²) in [5, 5.41) is 1.03. The summed E-state index contributed by atoms with van der Waals surface area (Å²) in [6, 6.07) is 26.9. The average Bonchev–Trinajstić information content (AvgIpc) is 3.81. The van der Waals surface area contributed by atoms with Gasteiger partial charge < -0.3 is 22.9 Å². The van der Waals surface area contributed by atoms with E-state index < -0.39 is 0 Å². The van der Waals surface area contributed by atoms with Crippen molar-refractivity contribution in [3.63, 3.8) is 0 Å². The Labute approximate surface area is 245 Å². The molecule has 0 atom stereocenters. The topological polar surface area (TPSA) is 81.3 Å². The minimum Gasteiger partial charge on any atom is -0.464 e. The summed E-state index contributed by atoms with van der Waals surface area (Å²) in [5.41, 5.74) is 10.8. The Morgan fingerprint density at radius 3 is 2.37 bits per heavy atom. The third kappa shape index (κ3) is 3.30. The van der Waals surface area contributed by atoms with E-state index >= 15 is 0 Å². The third-order valence-electron chi connectivity index (χ3n) is 8.38. The van der Waals surface area contributed by atoms with Crippen molar-refractivity contribution in [3.05, 3.63) is 97.7 Å². The minimum atomic E-state index is 0.442. The number of fused-ring (bicyclic) bond motifs is 5. The number of benzene rings is 3. The quantitative estimate of drug-likeness (QED) is 0.215. The van der Waals surface area contributed by atoms with Crippen molar-refractivity contribution in [2.45, 2.75) is 0 Å². The lowest BCUT2D eigenvalue weighted by Gasteiger charge is -2.35. The molecule has 0 bridgehead atoms. The van der Waals surface area contributed by atoms with Gasteiger partial charge in [-0.2, -0.15) is 4.98 Å². The molecule has 6 heterocycles. The second kappa shape index (κ2) is 8.59. The Hall–Kier alpha value is -5.83. The molecule has 0 fully saturated rings. The summed E-state index contributed by atoms with van der Waals surface area (Å²) in [6.45, 7) is 0. The zero-order valence-electron chi connectivity index (χ0n) is 23.7. The summed E-state index contributed by atoms with van der Waals surface area (Å²) in [6.07, 6.45) is 5.71. The van der Waals surface area contributed by atoms with Crippen LogP contribution in [0, 0.1) is 0 Å². The first-order chi connectivity index (χ1) is 21.1. The number of anilines is 5. The smallest absolute Gasteiger partial charge is 0.309 e. The first-order valence-electron chi connectivity index (χ1n) is 14.0. The van der Waals surface area contributed by atoms with Gasteiger partial charge in [0.15, 0.2) is 11.4 Å². The molecule has 0 N–H and O–H groups in total. The molecule has 0 spiro atoms. The summed E-state index contributed by atoms with van der Waals surface area (Å²) < 4.78 is 16.5. The van der Waals surface area contributed by atoms with Gasteiger partial charge in [0.2, 0.25) is 0 Å². The molecule has 9 nitrogen and oxygen atoms in total. The minimum absolute atomic E-state index is 0.442. The molecule has 0 radical (unpaired) electrons. The van der Waals surface area contributed by atoms with Gasteiger partial charge in [-0.25, -0.2) is 14.9 Å². The number of furan rings is 1. The standard InChI is InChI=1S/C34H25N7O2/c1-38-17-22(31-33(38)39(2)19-35-31)24-15-16-27-32(36-24)41(26-12-6-5-11-25(26)40(27)3)34-37-30-21(10-8-14-29(30)43-34)23-18-42-28-13-7-4-9-20(23)28/h4-19H,1-3H3. The second-order valence-electron chi connectivity index (χ2n) is 10.9. The van der Waals surface area contributed by atoms with E-state index in [1.165, 1.54) is 0 Å². The molecular weight excluding hydrogens is 538 g/mol. The van der Waals surface area contributed by atoms with Crippen LogP contribution in [0.5, 0.6) is 0 Å². The fourth-order valence-electron chi connectivity index (χ4n) is 6.36. The molecule has 43 heavy (non-hydrogen) atoms. The number of aromatic nitrogens is 5. The Bertz CT molecular complexity index is 2370. The fourth-order valence-corrected chi connectivity index (χ4v) is 6.36. The molecule has 0 saturated carbocycles. The molecule has 0 saturated heterocycles. The van der Waals surface area contributed by atoms with Crippen LogP contribution in [-0.4, -0.2) is 31.1 Å². The van der Waals surface area contributed by atoms with Crippen LogP contribution in [0.3, 0.4) is 0 Å². The highest BCUT2D eigenvalue weighted by molar-refractivity contribution is 6.03. The lowest BCUT2D eigenvalue weighted by atomic mass is 10.0. The maximum absolute atomic E-state index is 6.54. The predicted molar refractivity (Wildman–Crippen MR) is 168 cm³/mol. The van der Waals surface area contributed by atoms with Gasteiger partial charge in [0.1, 0.15) is 22.3 Å². The number of pyridine rings is 1. The zero-order valence-corrected chi connectivity index (χ0v) is 23.7. The summed E-state index contributed by atoms with van der Waals surface area (Å²) in [5.74, 6) is 0.730. The largest absolute Gasteiger partial charge is 0.464 e. The van der Waals surface area contributed by atoms with Gasteiger partial charge in [-0.1, -0.05) is 42.5 Å². The van der Waals surface area contributed by atoms with Gasteiger partial charge in [-0.15, -0.1) is 0 Å². The van der Waals surface area contributed by atoms with Crippen LogP contribution in [0.1, 0.15) is 0 Å². The summed E-state index contributed by atoms with van der Waals surface area (Å²) in [7, 11) is 6.09. The Morgan fingerprint density at radius 2 is 1.47 bits per heavy atom. The number of rotatable bonds is 3. The van der Waals surface area contributed by atoms with E-state index in [-0.39, 0.29) is 0 Å². The van der Waals surface area contributed by atoms with Crippen LogP contribution < -0.4 is 9.80 Å². The van der Waals surface area contributed by atoms with Crippen LogP contribution in [0.25, 0.3) is 55.6 Å². The average molecular weight is 564 g/mol. The van der Waals surface area contributed by atoms with Gasteiger partial charge in [-0.05, 0) is 36.4 Å². The molecule has 1 aliphatic heterocycles. The fraction of sp³-hybridized carbons (Fsp3) is 0.0882. The highest BCUT2D eigenvalue weighted by atomic mass is 16.4. The van der Waals surface area contributed by atoms with E-state index in [0.29, 0.717) is 11.6 Å². The van der Waals surface area contributed by atoms with E-state index in [4.69, 9.17) is 18.8 Å². The highest BCUT2D eigenvalue weighted by Crippen LogP contribution is 2.51. The van der Waals surface area contributed by atoms with Gasteiger partial charge in [0.05, 0.1) is 35.3 Å². The molecule has 5 aromatic heterocycles. The lowest BCUT2D eigenvalue weighted by molar-refractivity contribution is 0.606. The lowest BCUT2D eigenvalue weighted by Crippen LogP contribution is -2.25. The molecular formula is C34H25N7O2. The number of hydrogen-bond donors (Lipinski definition) is 0. The number of para-hydroxylation sites is 4. The normalized spacial score (nSPS) is 12.9. The number of oxazole rings is 1. The summed E-state index contributed by atoms with van der Waals surface area (Å²) in [4.78, 5) is 19.2. The van der Waals surface area contributed by atoms with Crippen molar-refractivity contribution >= 4 is 62.1 Å². The first-order valence-corrected chi connectivity index (χ1v) is 14.0. The van der Waals surface area contributed by atoms with Crippen LogP contribution in [0.15, 0.2) is 106 Å². The zero-order chi connectivity index (χ0) is 28.8. The van der Waals surface area contributed by atoms with Crippen molar-refractivity contribution in [1.29, 1.82) is 0 Å². The van der Waals surface area contributed by atoms with Crippen LogP contribution in [-0.2, 0) is 14.1 Å². The van der Waals surface area contributed by atoms with Gasteiger partial charge in [0, 0.05) is 49.4 Å². The van der Waals surface area contributed by atoms with Crippen molar-refractivity contribution in [2.75, 3.05) is 16.8 Å². The maximum atomic E-state index is 6.54. The van der Waals surface area contributed by atoms with E-state index in [1.807, 2.05) is 72.4 Å². The maximum Gasteiger partial charge on any atom is 0.309 e. The third-order valence-corrected chi connectivity index (χ3v) is 8.38. The molecule has 0 amide bonds. The number of nitrogens with zero attached hydrogens (tertiary/aromatic N) is 7. The highest BCUT2D eigenvalue weighted by Gasteiger charge is 2.33. The Balaban J connectivity index is 1.26. The van der Waals surface area contributed by atoms with Crippen LogP contribution >= 0.6 is 0 Å². The molecule has 9 heteroatoms. The van der Waals surface area contributed by atoms with E-state index in [0.717, 1.165) is 72.9 Å². The predicted octanol–water partition coefficient (Wildman–Crippen LogP) is 8.08. The van der Waals surface area contributed by atoms with Crippen molar-refractivity contribution < 1.29 is 8.83 Å².